The number of carbonyl (C=O) groups excluding carboxylic acids is 1. The monoisotopic (exact) mass is 406 g/mol. The zero-order chi connectivity index (χ0) is 20.8. The lowest BCUT2D eigenvalue weighted by Crippen LogP contribution is -2.41. The van der Waals surface area contributed by atoms with Gasteiger partial charge in [0, 0.05) is 37.2 Å². The van der Waals surface area contributed by atoms with Crippen molar-refractivity contribution in [2.45, 2.75) is 19.4 Å². The lowest BCUT2D eigenvalue weighted by atomic mass is 9.97. The van der Waals surface area contributed by atoms with Crippen LogP contribution in [0.2, 0.25) is 0 Å². The highest BCUT2D eigenvalue weighted by molar-refractivity contribution is 5.93. The van der Waals surface area contributed by atoms with Crippen LogP contribution in [0.25, 0.3) is 0 Å². The maximum Gasteiger partial charge on any atom is 0.229 e. The molecule has 0 saturated carbocycles. The van der Waals surface area contributed by atoms with Gasteiger partial charge in [-0.15, -0.1) is 0 Å². The van der Waals surface area contributed by atoms with E-state index < -0.39 is 0 Å². The van der Waals surface area contributed by atoms with Gasteiger partial charge in [-0.1, -0.05) is 18.2 Å². The SMILES string of the molecule is O=C(Nc1cccc(OCc2ccc(F)cc2)c1)C1CCCN(c2ncccn2)C1. The smallest absolute Gasteiger partial charge is 0.229 e. The van der Waals surface area contributed by atoms with E-state index in [1.165, 1.54) is 12.1 Å². The number of nitrogens with zero attached hydrogens (tertiary/aromatic N) is 3. The topological polar surface area (TPSA) is 67.3 Å². The van der Waals surface area contributed by atoms with Crippen LogP contribution in [-0.4, -0.2) is 29.0 Å². The van der Waals surface area contributed by atoms with Gasteiger partial charge in [-0.2, -0.15) is 0 Å². The highest BCUT2D eigenvalue weighted by atomic mass is 19.1. The number of benzene rings is 2. The number of hydrogen-bond donors (Lipinski definition) is 1. The molecule has 2 aromatic carbocycles. The maximum absolute atomic E-state index is 13.0. The molecule has 30 heavy (non-hydrogen) atoms. The van der Waals surface area contributed by atoms with E-state index in [-0.39, 0.29) is 17.6 Å². The first-order chi connectivity index (χ1) is 14.7. The third-order valence-electron chi connectivity index (χ3n) is 5.05. The second kappa shape index (κ2) is 9.35. The summed E-state index contributed by atoms with van der Waals surface area (Å²) in [7, 11) is 0. The molecule has 3 aromatic rings. The summed E-state index contributed by atoms with van der Waals surface area (Å²) < 4.78 is 18.8. The normalized spacial score (nSPS) is 16.2. The van der Waals surface area contributed by atoms with Crippen molar-refractivity contribution in [3.63, 3.8) is 0 Å². The molecule has 1 fully saturated rings. The van der Waals surface area contributed by atoms with Crippen molar-refractivity contribution in [3.8, 4) is 5.75 Å². The van der Waals surface area contributed by atoms with Crippen molar-refractivity contribution in [2.75, 3.05) is 23.3 Å². The van der Waals surface area contributed by atoms with E-state index in [0.717, 1.165) is 24.9 Å². The summed E-state index contributed by atoms with van der Waals surface area (Å²) in [5.41, 5.74) is 1.56. The lowest BCUT2D eigenvalue weighted by molar-refractivity contribution is -0.120. The van der Waals surface area contributed by atoms with Crippen LogP contribution in [0.4, 0.5) is 16.0 Å². The first kappa shape index (κ1) is 19.8. The number of nitrogens with one attached hydrogen (secondary N) is 1. The molecule has 1 aromatic heterocycles. The van der Waals surface area contributed by atoms with Crippen LogP contribution in [0, 0.1) is 11.7 Å². The fourth-order valence-electron chi connectivity index (χ4n) is 3.48. The molecule has 1 atom stereocenters. The molecule has 154 valence electrons. The molecule has 1 aliphatic heterocycles. The van der Waals surface area contributed by atoms with Gasteiger partial charge in [-0.05, 0) is 48.7 Å². The average Bonchev–Trinajstić information content (AvgIpc) is 2.80. The van der Waals surface area contributed by atoms with Gasteiger partial charge in [-0.25, -0.2) is 14.4 Å². The molecule has 6 nitrogen and oxygen atoms in total. The van der Waals surface area contributed by atoms with Crippen LogP contribution in [0.3, 0.4) is 0 Å². The van der Waals surface area contributed by atoms with Crippen molar-refractivity contribution in [3.05, 3.63) is 78.4 Å². The minimum absolute atomic E-state index is 0.0219. The molecule has 0 radical (unpaired) electrons. The largest absolute Gasteiger partial charge is 0.489 e. The van der Waals surface area contributed by atoms with Crippen LogP contribution in [0.1, 0.15) is 18.4 Å². The molecule has 0 spiro atoms. The Balaban J connectivity index is 1.35. The van der Waals surface area contributed by atoms with Crippen molar-refractivity contribution >= 4 is 17.5 Å². The molecule has 0 bridgehead atoms. The van der Waals surface area contributed by atoms with Gasteiger partial charge in [0.15, 0.2) is 0 Å². The third-order valence-corrected chi connectivity index (χ3v) is 5.05. The van der Waals surface area contributed by atoms with E-state index in [9.17, 15) is 9.18 Å². The second-order valence-corrected chi connectivity index (χ2v) is 7.27. The predicted octanol–water partition coefficient (Wildman–Crippen LogP) is 4.05. The molecule has 1 N–H and O–H groups in total. The Labute approximate surface area is 174 Å². The summed E-state index contributed by atoms with van der Waals surface area (Å²) in [5.74, 6) is 0.868. The van der Waals surface area contributed by atoms with Gasteiger partial charge < -0.3 is 15.0 Å². The molecule has 1 amide bonds. The second-order valence-electron chi connectivity index (χ2n) is 7.27. The first-order valence-electron chi connectivity index (χ1n) is 9.97. The Bertz CT molecular complexity index is 982. The van der Waals surface area contributed by atoms with E-state index >= 15 is 0 Å². The summed E-state index contributed by atoms with van der Waals surface area (Å²) in [6.07, 6.45) is 5.17. The molecule has 1 aliphatic rings. The fraction of sp³-hybridized carbons (Fsp3) is 0.261. The molecule has 1 unspecified atom stereocenters. The highest BCUT2D eigenvalue weighted by Gasteiger charge is 2.27. The zero-order valence-electron chi connectivity index (χ0n) is 16.5. The fourth-order valence-corrected chi connectivity index (χ4v) is 3.48. The van der Waals surface area contributed by atoms with Gasteiger partial charge in [-0.3, -0.25) is 4.79 Å². The van der Waals surface area contributed by atoms with E-state index in [0.29, 0.717) is 30.5 Å². The lowest BCUT2D eigenvalue weighted by Gasteiger charge is -2.31. The van der Waals surface area contributed by atoms with Crippen LogP contribution < -0.4 is 15.0 Å². The van der Waals surface area contributed by atoms with E-state index in [4.69, 9.17) is 4.74 Å². The van der Waals surface area contributed by atoms with E-state index in [1.54, 1.807) is 36.7 Å². The van der Waals surface area contributed by atoms with E-state index in [2.05, 4.69) is 20.2 Å². The van der Waals surface area contributed by atoms with Gasteiger partial charge in [0.1, 0.15) is 18.2 Å². The number of piperidine rings is 1. The van der Waals surface area contributed by atoms with Gasteiger partial charge in [0.2, 0.25) is 11.9 Å². The molecule has 2 heterocycles. The van der Waals surface area contributed by atoms with Crippen molar-refractivity contribution in [2.24, 2.45) is 5.92 Å². The predicted molar refractivity (Wildman–Crippen MR) is 113 cm³/mol. The summed E-state index contributed by atoms with van der Waals surface area (Å²) in [6, 6.07) is 15.3. The van der Waals surface area contributed by atoms with Gasteiger partial charge in [0.25, 0.3) is 0 Å². The number of carbonyl (C=O) groups is 1. The maximum atomic E-state index is 13.0. The molecule has 7 heteroatoms. The number of anilines is 2. The van der Waals surface area contributed by atoms with Crippen LogP contribution in [-0.2, 0) is 11.4 Å². The molecule has 0 aliphatic carbocycles. The summed E-state index contributed by atoms with van der Waals surface area (Å²) >= 11 is 0. The van der Waals surface area contributed by atoms with Crippen molar-refractivity contribution < 1.29 is 13.9 Å². The average molecular weight is 406 g/mol. The zero-order valence-corrected chi connectivity index (χ0v) is 16.5. The quantitative estimate of drug-likeness (QED) is 0.669. The standard InChI is InChI=1S/C23H23FN4O2/c24-19-9-7-17(8-10-19)16-30-21-6-1-5-20(14-21)27-22(29)18-4-2-13-28(15-18)23-25-11-3-12-26-23/h1,3,5-12,14,18H,2,4,13,15-16H2,(H,27,29). The first-order valence-corrected chi connectivity index (χ1v) is 9.97. The Kier molecular flexibility index (Phi) is 6.17. The minimum atomic E-state index is -0.274. The Morgan fingerprint density at radius 3 is 2.73 bits per heavy atom. The number of halogens is 1. The summed E-state index contributed by atoms with van der Waals surface area (Å²) in [6.45, 7) is 1.77. The Morgan fingerprint density at radius 2 is 1.93 bits per heavy atom. The Hall–Kier alpha value is -3.48. The Morgan fingerprint density at radius 1 is 1.13 bits per heavy atom. The van der Waals surface area contributed by atoms with Gasteiger partial charge in [0.05, 0.1) is 5.92 Å². The van der Waals surface area contributed by atoms with Gasteiger partial charge >= 0.3 is 0 Å². The van der Waals surface area contributed by atoms with Crippen LogP contribution in [0.5, 0.6) is 5.75 Å². The molecule has 1 saturated heterocycles. The number of aromatic nitrogens is 2. The number of ether oxygens (including phenoxy) is 1. The minimum Gasteiger partial charge on any atom is -0.489 e. The van der Waals surface area contributed by atoms with Crippen LogP contribution in [0.15, 0.2) is 67.0 Å². The molecule has 4 rings (SSSR count). The van der Waals surface area contributed by atoms with Crippen molar-refractivity contribution in [1.82, 2.24) is 9.97 Å². The molecular weight excluding hydrogens is 383 g/mol. The van der Waals surface area contributed by atoms with Crippen LogP contribution >= 0.6 is 0 Å². The van der Waals surface area contributed by atoms with Crippen molar-refractivity contribution in [1.29, 1.82) is 0 Å². The van der Waals surface area contributed by atoms with E-state index in [1.807, 2.05) is 18.2 Å². The summed E-state index contributed by atoms with van der Waals surface area (Å²) in [5, 5.41) is 2.99. The number of rotatable bonds is 6. The number of amides is 1. The number of hydrogen-bond acceptors (Lipinski definition) is 5. The summed E-state index contributed by atoms with van der Waals surface area (Å²) in [4.78, 5) is 23.4. The highest BCUT2D eigenvalue weighted by Crippen LogP contribution is 2.23. The molecular formula is C23H23FN4O2. The third kappa shape index (κ3) is 5.11.